The van der Waals surface area contributed by atoms with Gasteiger partial charge in [-0.25, -0.2) is 0 Å². The van der Waals surface area contributed by atoms with Gasteiger partial charge in [-0.2, -0.15) is 0 Å². The molecule has 1 aromatic heterocycles. The number of aromatic nitrogens is 1. The number of pyridine rings is 1. The van der Waals surface area contributed by atoms with Crippen molar-refractivity contribution in [2.75, 3.05) is 0 Å². The second-order valence-electron chi connectivity index (χ2n) is 9.31. The van der Waals surface area contributed by atoms with E-state index in [4.69, 9.17) is 5.73 Å². The summed E-state index contributed by atoms with van der Waals surface area (Å²) in [7, 11) is 0. The lowest BCUT2D eigenvalue weighted by molar-refractivity contribution is -0.147. The maximum atomic E-state index is 13.5. The van der Waals surface area contributed by atoms with E-state index in [1.807, 2.05) is 0 Å². The lowest BCUT2D eigenvalue weighted by Crippen LogP contribution is -2.58. The van der Waals surface area contributed by atoms with E-state index >= 15 is 0 Å². The predicted octanol–water partition coefficient (Wildman–Crippen LogP) is 1.24. The summed E-state index contributed by atoms with van der Waals surface area (Å²) in [6, 6.07) is 7.83. The van der Waals surface area contributed by atoms with E-state index in [1.54, 1.807) is 24.4 Å². The highest BCUT2D eigenvalue weighted by atomic mass is 16.3. The van der Waals surface area contributed by atoms with E-state index in [0.29, 0.717) is 11.3 Å². The minimum absolute atomic E-state index is 0.00750. The zero-order chi connectivity index (χ0) is 25.9. The summed E-state index contributed by atoms with van der Waals surface area (Å²) in [6.07, 6.45) is 1.18. The molecule has 3 aliphatic carbocycles. The molecule has 1 amide bonds. The Hall–Kier alpha value is -4.31. The number of amides is 1. The van der Waals surface area contributed by atoms with Gasteiger partial charge in [0.2, 0.25) is 5.78 Å². The van der Waals surface area contributed by atoms with E-state index < -0.39 is 58.4 Å². The Morgan fingerprint density at radius 3 is 2.50 bits per heavy atom. The first kappa shape index (κ1) is 23.4. The van der Waals surface area contributed by atoms with Gasteiger partial charge in [0.1, 0.15) is 22.8 Å². The fourth-order valence-corrected chi connectivity index (χ4v) is 5.65. The molecular weight excluding hydrogens is 468 g/mol. The van der Waals surface area contributed by atoms with Crippen LogP contribution in [0.1, 0.15) is 40.0 Å². The zero-order valence-electron chi connectivity index (χ0n) is 18.9. The van der Waals surface area contributed by atoms with Crippen LogP contribution < -0.4 is 5.73 Å². The molecule has 0 bridgehead atoms. The summed E-state index contributed by atoms with van der Waals surface area (Å²) in [5.41, 5.74) is 2.45. The Labute approximate surface area is 204 Å². The second-order valence-corrected chi connectivity index (χ2v) is 9.31. The summed E-state index contributed by atoms with van der Waals surface area (Å²) in [6.45, 7) is 0. The third-order valence-corrected chi connectivity index (χ3v) is 7.32. The summed E-state index contributed by atoms with van der Waals surface area (Å²) in [5.74, 6) is -7.38. The molecule has 10 heteroatoms. The first-order chi connectivity index (χ1) is 17.1. The summed E-state index contributed by atoms with van der Waals surface area (Å²) >= 11 is 0. The normalized spacial score (nSPS) is 25.2. The number of carbonyl (C=O) groups excluding carboxylic acids is 4. The van der Waals surface area contributed by atoms with Crippen molar-refractivity contribution in [3.63, 3.8) is 0 Å². The van der Waals surface area contributed by atoms with Crippen molar-refractivity contribution in [2.24, 2.45) is 17.6 Å². The zero-order valence-corrected chi connectivity index (χ0v) is 18.9. The van der Waals surface area contributed by atoms with E-state index in [9.17, 15) is 39.6 Å². The van der Waals surface area contributed by atoms with Crippen molar-refractivity contribution in [3.8, 4) is 5.75 Å². The minimum atomic E-state index is -2.63. The molecule has 3 aliphatic rings. The quantitative estimate of drug-likeness (QED) is 0.310. The molecule has 1 saturated carbocycles. The van der Waals surface area contributed by atoms with Crippen molar-refractivity contribution >= 4 is 29.0 Å². The number of hydrogen-bond acceptors (Lipinski definition) is 9. The molecule has 1 aromatic carbocycles. The number of phenols is 1. The molecule has 10 nitrogen and oxygen atoms in total. The maximum Gasteiger partial charge on any atom is 0.255 e. The van der Waals surface area contributed by atoms with Crippen molar-refractivity contribution in [1.82, 2.24) is 4.98 Å². The van der Waals surface area contributed by atoms with Crippen LogP contribution in [0.25, 0.3) is 5.76 Å². The lowest BCUT2D eigenvalue weighted by Gasteiger charge is -2.46. The van der Waals surface area contributed by atoms with Gasteiger partial charge in [-0.05, 0) is 48.6 Å². The largest absolute Gasteiger partial charge is 0.508 e. The maximum absolute atomic E-state index is 13.5. The van der Waals surface area contributed by atoms with E-state index in [0.717, 1.165) is 0 Å². The Kier molecular flexibility index (Phi) is 5.29. The van der Waals surface area contributed by atoms with Gasteiger partial charge in [-0.3, -0.25) is 24.2 Å². The van der Waals surface area contributed by atoms with E-state index in [1.165, 1.54) is 12.1 Å². The number of aliphatic hydroxyl groups excluding tert-OH is 2. The smallest absolute Gasteiger partial charge is 0.255 e. The Morgan fingerprint density at radius 2 is 1.83 bits per heavy atom. The molecule has 0 saturated heterocycles. The van der Waals surface area contributed by atoms with Crippen molar-refractivity contribution < 1.29 is 39.6 Å². The molecule has 1 heterocycles. The Balaban J connectivity index is 1.62. The highest BCUT2D eigenvalue weighted by Gasteiger charge is 2.60. The molecule has 36 heavy (non-hydrogen) atoms. The number of fused-ring (bicyclic) bond motifs is 3. The van der Waals surface area contributed by atoms with Gasteiger partial charge in [-0.15, -0.1) is 0 Å². The highest BCUT2D eigenvalue weighted by molar-refractivity contribution is 6.22. The molecule has 0 spiro atoms. The van der Waals surface area contributed by atoms with Crippen LogP contribution in [0, 0.1) is 11.8 Å². The molecule has 184 valence electrons. The molecule has 2 aromatic rings. The molecule has 3 unspecified atom stereocenters. The standard InChI is InChI=1S/C26H22N2O8/c27-25(35)21-18(31)9-12-7-11-8-15-14(17(30)10-13-3-1-2-6-28-13)4-5-16(29)20(15)22(32)19(11)23(33)26(12,36)24(21)34/h1-6,11-12,29,32,34,36H,7-10H2,(H2,27,35). The third-order valence-electron chi connectivity index (χ3n) is 7.32. The molecule has 0 radical (unpaired) electrons. The lowest BCUT2D eigenvalue weighted by atomic mass is 9.59. The van der Waals surface area contributed by atoms with Gasteiger partial charge in [-0.1, -0.05) is 6.07 Å². The summed E-state index contributed by atoms with van der Waals surface area (Å²) < 4.78 is 0. The first-order valence-electron chi connectivity index (χ1n) is 11.3. The van der Waals surface area contributed by atoms with Crippen LogP contribution in [0.4, 0.5) is 0 Å². The number of ketones is 3. The van der Waals surface area contributed by atoms with Gasteiger partial charge in [0, 0.05) is 35.4 Å². The highest BCUT2D eigenvalue weighted by Crippen LogP contribution is 2.52. The van der Waals surface area contributed by atoms with Gasteiger partial charge in [0.05, 0.1) is 12.0 Å². The first-order valence-corrected chi connectivity index (χ1v) is 11.3. The van der Waals surface area contributed by atoms with Crippen LogP contribution in [0.2, 0.25) is 0 Å². The predicted molar refractivity (Wildman–Crippen MR) is 124 cm³/mol. The number of aliphatic hydroxyl groups is 3. The van der Waals surface area contributed by atoms with Crippen molar-refractivity contribution in [2.45, 2.75) is 31.3 Å². The van der Waals surface area contributed by atoms with Crippen molar-refractivity contribution in [3.05, 3.63) is 75.8 Å². The number of benzene rings is 1. The van der Waals surface area contributed by atoms with Gasteiger partial charge >= 0.3 is 0 Å². The molecule has 1 fully saturated rings. The average molecular weight is 490 g/mol. The fourth-order valence-electron chi connectivity index (χ4n) is 5.65. The van der Waals surface area contributed by atoms with E-state index in [-0.39, 0.29) is 47.5 Å². The van der Waals surface area contributed by atoms with Crippen LogP contribution in [0.3, 0.4) is 0 Å². The van der Waals surface area contributed by atoms with Crippen LogP contribution in [0.5, 0.6) is 5.75 Å². The van der Waals surface area contributed by atoms with Crippen LogP contribution in [-0.2, 0) is 27.2 Å². The number of phenolic OH excluding ortho intramolecular Hbond substituents is 1. The number of nitrogens with zero attached hydrogens (tertiary/aromatic N) is 1. The second kappa shape index (κ2) is 8.13. The number of primary amides is 1. The van der Waals surface area contributed by atoms with Crippen LogP contribution in [-0.4, -0.2) is 54.3 Å². The van der Waals surface area contributed by atoms with Gasteiger partial charge in [0.15, 0.2) is 17.2 Å². The minimum Gasteiger partial charge on any atom is -0.508 e. The third kappa shape index (κ3) is 3.25. The molecular formula is C26H22N2O8. The number of carbonyl (C=O) groups is 4. The van der Waals surface area contributed by atoms with Crippen LogP contribution in [0.15, 0.2) is 53.4 Å². The van der Waals surface area contributed by atoms with E-state index in [2.05, 4.69) is 4.98 Å². The fraction of sp³-hybridized carbons (Fsp3) is 0.269. The molecule has 6 N–H and O–H groups in total. The Morgan fingerprint density at radius 1 is 1.08 bits per heavy atom. The Bertz CT molecular complexity index is 1420. The summed E-state index contributed by atoms with van der Waals surface area (Å²) in [5, 5.41) is 43.5. The van der Waals surface area contributed by atoms with Crippen LogP contribution >= 0.6 is 0 Å². The van der Waals surface area contributed by atoms with Gasteiger partial charge < -0.3 is 26.2 Å². The van der Waals surface area contributed by atoms with Crippen molar-refractivity contribution in [1.29, 1.82) is 0 Å². The summed E-state index contributed by atoms with van der Waals surface area (Å²) in [4.78, 5) is 55.0. The molecule has 0 aliphatic heterocycles. The number of Topliss-reactive ketones (excluding diaryl/α,β-unsaturated/α-hetero) is 3. The molecule has 5 rings (SSSR count). The molecule has 3 atom stereocenters. The van der Waals surface area contributed by atoms with Gasteiger partial charge in [0.25, 0.3) is 5.91 Å². The number of nitrogens with two attached hydrogens (primary N) is 1. The monoisotopic (exact) mass is 490 g/mol. The SMILES string of the molecule is NC(=O)C1=C(O)C2(O)C(=O)C3=C(O)c4c(O)ccc(C(=O)Cc5ccccn5)c4CC3CC2CC1=O. The number of rotatable bonds is 4. The number of aromatic hydroxyl groups is 1. The average Bonchev–Trinajstić information content (AvgIpc) is 2.82. The number of hydrogen-bond donors (Lipinski definition) is 5. The topological polar surface area (TPSA) is 188 Å².